The number of aliphatic hydroxyl groups is 2. The maximum Gasteiger partial charge on any atom is 0.262 e. The van der Waals surface area contributed by atoms with Gasteiger partial charge in [0, 0.05) is 60.9 Å². The number of aromatic nitrogens is 3. The summed E-state index contributed by atoms with van der Waals surface area (Å²) in [6, 6.07) is 6.21. The van der Waals surface area contributed by atoms with Gasteiger partial charge in [-0.2, -0.15) is 4.98 Å². The van der Waals surface area contributed by atoms with Crippen molar-refractivity contribution in [2.24, 2.45) is 5.92 Å². The highest BCUT2D eigenvalue weighted by Gasteiger charge is 2.36. The molecule has 1 saturated heterocycles. The molecular formula is C31H43ClN6O8. The summed E-state index contributed by atoms with van der Waals surface area (Å²) < 4.78 is 18.2. The number of nitrogens with two attached hydrogens (primary N) is 1. The fourth-order valence-corrected chi connectivity index (χ4v) is 5.44. The molecule has 1 fully saturated rings. The first-order valence-corrected chi connectivity index (χ1v) is 16.0. The number of carbonyl (C=O) groups is 2. The number of ether oxygens (including phenoxy) is 3. The second-order valence-electron chi connectivity index (χ2n) is 11.1. The van der Waals surface area contributed by atoms with Crippen molar-refractivity contribution >= 4 is 40.4 Å². The molecule has 2 unspecified atom stereocenters. The number of anilines is 1. The minimum Gasteiger partial charge on any atom is -0.394 e. The van der Waals surface area contributed by atoms with Crippen LogP contribution in [0.5, 0.6) is 0 Å². The van der Waals surface area contributed by atoms with Gasteiger partial charge in [0.05, 0.1) is 44.5 Å². The normalized spacial score (nSPS) is 17.8. The van der Waals surface area contributed by atoms with E-state index in [1.54, 1.807) is 35.0 Å². The summed E-state index contributed by atoms with van der Waals surface area (Å²) >= 11 is 5.66. The number of halogens is 1. The van der Waals surface area contributed by atoms with Gasteiger partial charge in [0.25, 0.3) is 17.4 Å². The highest BCUT2D eigenvalue weighted by molar-refractivity contribution is 6.17. The Labute approximate surface area is 271 Å². The second kappa shape index (κ2) is 18.0. The third-order valence-electron chi connectivity index (χ3n) is 7.75. The highest BCUT2D eigenvalue weighted by atomic mass is 35.5. The molecule has 3 heterocycles. The molecule has 15 heteroatoms. The van der Waals surface area contributed by atoms with Gasteiger partial charge in [-0.25, -0.2) is 0 Å². The van der Waals surface area contributed by atoms with E-state index in [0.717, 1.165) is 25.7 Å². The van der Waals surface area contributed by atoms with Crippen molar-refractivity contribution in [3.63, 3.8) is 0 Å². The number of hydrogen-bond donors (Lipinski definition) is 6. The number of amides is 2. The number of fused-ring (bicyclic) bond motifs is 1. The predicted octanol–water partition coefficient (Wildman–Crippen LogP) is 1.17. The number of nitrogens with one attached hydrogen (secondary N) is 3. The lowest BCUT2D eigenvalue weighted by Gasteiger charge is -2.16. The Morgan fingerprint density at radius 2 is 1.72 bits per heavy atom. The molecule has 46 heavy (non-hydrogen) atoms. The summed E-state index contributed by atoms with van der Waals surface area (Å²) in [5.74, 6) is -0.393. The number of aromatic amines is 1. The van der Waals surface area contributed by atoms with Crippen LogP contribution in [0, 0.1) is 5.92 Å². The molecule has 3 atom stereocenters. The van der Waals surface area contributed by atoms with Gasteiger partial charge in [-0.3, -0.25) is 19.4 Å². The first kappa shape index (κ1) is 35.3. The standard InChI is InChI=1S/C31H43ClN6O8/c32-9-3-1-2-4-11-44-13-14-45-12-10-34-28(41)20-5-7-21(8-6-20)29(42)35-15-22-16-38(17-23-19-46-24(18-39)26(23)40)27-25(22)30(43)37-31(33)36-27/h5-8,16,23-24,26,39-40H,1-4,9-15,17-19H2,(H,34,41)(H,35,42)(H3,33,36,37,43)/t23?,24-,26?/m1/s1. The Morgan fingerprint density at radius 1 is 1.04 bits per heavy atom. The first-order valence-electron chi connectivity index (χ1n) is 15.5. The van der Waals surface area contributed by atoms with E-state index >= 15 is 0 Å². The largest absolute Gasteiger partial charge is 0.394 e. The Hall–Kier alpha value is -3.53. The van der Waals surface area contributed by atoms with Gasteiger partial charge in [-0.1, -0.05) is 12.8 Å². The monoisotopic (exact) mass is 662 g/mol. The van der Waals surface area contributed by atoms with E-state index in [1.807, 2.05) is 0 Å². The Morgan fingerprint density at radius 3 is 2.39 bits per heavy atom. The van der Waals surface area contributed by atoms with Crippen LogP contribution >= 0.6 is 11.6 Å². The SMILES string of the molecule is Nc1nc2c(c(CNC(=O)c3ccc(C(=O)NCCOCCOCCCCCCCl)cc3)cn2CC2CO[C@H](CO)C2O)c(=O)[nH]1. The van der Waals surface area contributed by atoms with Crippen LogP contribution < -0.4 is 21.9 Å². The van der Waals surface area contributed by atoms with Crippen molar-refractivity contribution < 1.29 is 34.0 Å². The summed E-state index contributed by atoms with van der Waals surface area (Å²) in [4.78, 5) is 45.0. The lowest BCUT2D eigenvalue weighted by atomic mass is 10.0. The van der Waals surface area contributed by atoms with E-state index in [9.17, 15) is 24.6 Å². The van der Waals surface area contributed by atoms with Crippen molar-refractivity contribution in [2.75, 3.05) is 57.8 Å². The fraction of sp³-hybridized carbons (Fsp3) is 0.548. The number of alkyl halides is 1. The average Bonchev–Trinajstić information content (AvgIpc) is 3.59. The number of nitrogens with zero attached hydrogens (tertiary/aromatic N) is 2. The number of nitrogen functional groups attached to an aromatic ring is 1. The minimum absolute atomic E-state index is 0.0157. The third-order valence-corrected chi connectivity index (χ3v) is 8.02. The van der Waals surface area contributed by atoms with Gasteiger partial charge < -0.3 is 45.4 Å². The molecule has 2 amide bonds. The van der Waals surface area contributed by atoms with Crippen LogP contribution in [-0.4, -0.2) is 101 Å². The van der Waals surface area contributed by atoms with Crippen LogP contribution in [0.4, 0.5) is 5.95 Å². The first-order chi connectivity index (χ1) is 22.3. The smallest absolute Gasteiger partial charge is 0.262 e. The maximum absolute atomic E-state index is 12.9. The van der Waals surface area contributed by atoms with Gasteiger partial charge in [-0.05, 0) is 37.1 Å². The van der Waals surface area contributed by atoms with Crippen LogP contribution in [0.3, 0.4) is 0 Å². The number of benzene rings is 1. The number of unbranched alkanes of at least 4 members (excludes halogenated alkanes) is 3. The molecule has 0 bridgehead atoms. The summed E-state index contributed by atoms with van der Waals surface area (Å²) in [5.41, 5.74) is 6.88. The van der Waals surface area contributed by atoms with E-state index in [4.69, 9.17) is 31.5 Å². The minimum atomic E-state index is -0.889. The Bertz CT molecular complexity index is 1480. The van der Waals surface area contributed by atoms with E-state index in [0.29, 0.717) is 61.2 Å². The van der Waals surface area contributed by atoms with Crippen LogP contribution in [0.1, 0.15) is 52.0 Å². The number of H-pyrrole nitrogens is 1. The molecule has 0 radical (unpaired) electrons. The van der Waals surface area contributed by atoms with Crippen molar-refractivity contribution in [2.45, 2.75) is 51.0 Å². The lowest BCUT2D eigenvalue weighted by molar-refractivity contribution is 0.00121. The van der Waals surface area contributed by atoms with E-state index in [-0.39, 0.29) is 49.5 Å². The van der Waals surface area contributed by atoms with Gasteiger partial charge in [-0.15, -0.1) is 11.6 Å². The number of carbonyl (C=O) groups excluding carboxylic acids is 2. The zero-order valence-corrected chi connectivity index (χ0v) is 26.5. The highest BCUT2D eigenvalue weighted by Crippen LogP contribution is 2.25. The molecule has 2 aromatic heterocycles. The van der Waals surface area contributed by atoms with Crippen molar-refractivity contribution in [1.82, 2.24) is 25.2 Å². The molecule has 1 aromatic carbocycles. The van der Waals surface area contributed by atoms with Crippen molar-refractivity contribution in [3.05, 3.63) is 57.5 Å². The maximum atomic E-state index is 12.9. The van der Waals surface area contributed by atoms with Crippen molar-refractivity contribution in [3.8, 4) is 0 Å². The number of rotatable bonds is 19. The summed E-state index contributed by atoms with van der Waals surface area (Å²) in [6.45, 7) is 2.54. The third kappa shape index (κ3) is 9.74. The van der Waals surface area contributed by atoms with E-state index in [2.05, 4.69) is 20.6 Å². The molecule has 1 aliphatic heterocycles. The second-order valence-corrected chi connectivity index (χ2v) is 11.5. The fourth-order valence-electron chi connectivity index (χ4n) is 5.25. The molecule has 0 spiro atoms. The lowest BCUT2D eigenvalue weighted by Crippen LogP contribution is -2.31. The van der Waals surface area contributed by atoms with Gasteiger partial charge in [0.2, 0.25) is 5.95 Å². The summed E-state index contributed by atoms with van der Waals surface area (Å²) in [7, 11) is 0. The zero-order chi connectivity index (χ0) is 32.9. The van der Waals surface area contributed by atoms with Crippen molar-refractivity contribution in [1.29, 1.82) is 0 Å². The molecule has 7 N–H and O–H groups in total. The molecule has 4 rings (SSSR count). The average molecular weight is 663 g/mol. The Balaban J connectivity index is 1.23. The zero-order valence-electron chi connectivity index (χ0n) is 25.7. The van der Waals surface area contributed by atoms with Crippen LogP contribution in [0.2, 0.25) is 0 Å². The molecular weight excluding hydrogens is 620 g/mol. The molecule has 14 nitrogen and oxygen atoms in total. The van der Waals surface area contributed by atoms with Gasteiger partial charge >= 0.3 is 0 Å². The quantitative estimate of drug-likeness (QED) is 0.0799. The number of aliphatic hydroxyl groups excluding tert-OH is 2. The molecule has 0 saturated carbocycles. The summed E-state index contributed by atoms with van der Waals surface area (Å²) in [6.07, 6.45) is 4.37. The van der Waals surface area contributed by atoms with Gasteiger partial charge in [0.15, 0.2) is 0 Å². The van der Waals surface area contributed by atoms with Crippen LogP contribution in [0.25, 0.3) is 11.0 Å². The number of hydrogen-bond acceptors (Lipinski definition) is 10. The van der Waals surface area contributed by atoms with Crippen LogP contribution in [0.15, 0.2) is 35.3 Å². The van der Waals surface area contributed by atoms with E-state index in [1.165, 1.54) is 0 Å². The van der Waals surface area contributed by atoms with Gasteiger partial charge in [0.1, 0.15) is 11.8 Å². The summed E-state index contributed by atoms with van der Waals surface area (Å²) in [5, 5.41) is 25.7. The predicted molar refractivity (Wildman–Crippen MR) is 172 cm³/mol. The van der Waals surface area contributed by atoms with E-state index < -0.39 is 23.7 Å². The molecule has 0 aliphatic carbocycles. The topological polar surface area (TPSA) is 203 Å². The molecule has 3 aromatic rings. The molecule has 1 aliphatic rings. The Kier molecular flexibility index (Phi) is 13.8. The van der Waals surface area contributed by atoms with Crippen LogP contribution in [-0.2, 0) is 27.3 Å². The molecule has 252 valence electrons.